The molecule has 20 heavy (non-hydrogen) atoms. The summed E-state index contributed by atoms with van der Waals surface area (Å²) in [7, 11) is 0. The molecule has 1 nitrogen and oxygen atoms in total. The molecule has 0 aliphatic rings. The van der Waals surface area contributed by atoms with E-state index in [-0.39, 0.29) is 11.9 Å². The second-order valence-corrected chi connectivity index (χ2v) is 6.68. The zero-order chi connectivity index (χ0) is 14.5. The van der Waals surface area contributed by atoms with Gasteiger partial charge in [-0.1, -0.05) is 26.0 Å². The van der Waals surface area contributed by atoms with Crippen LogP contribution in [0.25, 0.3) is 0 Å². The maximum atomic E-state index is 13.8. The van der Waals surface area contributed by atoms with Gasteiger partial charge in [0.1, 0.15) is 5.82 Å². The number of thiophene rings is 1. The Balaban J connectivity index is 2.38. The fourth-order valence-electron chi connectivity index (χ4n) is 2.14. The van der Waals surface area contributed by atoms with Crippen molar-refractivity contribution < 1.29 is 4.39 Å². The smallest absolute Gasteiger partial charge is 0.137 e. The Morgan fingerprint density at radius 1 is 1.25 bits per heavy atom. The van der Waals surface area contributed by atoms with Crippen LogP contribution in [0.2, 0.25) is 0 Å². The molecule has 2 aromatic rings. The van der Waals surface area contributed by atoms with Crippen molar-refractivity contribution in [3.05, 3.63) is 55.9 Å². The molecule has 0 radical (unpaired) electrons. The molecule has 0 aliphatic heterocycles. The van der Waals surface area contributed by atoms with Gasteiger partial charge in [-0.2, -0.15) is 0 Å². The highest BCUT2D eigenvalue weighted by Gasteiger charge is 2.19. The minimum Gasteiger partial charge on any atom is -0.306 e. The summed E-state index contributed by atoms with van der Waals surface area (Å²) < 4.78 is 14.3. The quantitative estimate of drug-likeness (QED) is 0.741. The molecule has 1 aromatic carbocycles. The minimum atomic E-state index is -0.210. The predicted octanol–water partition coefficient (Wildman–Crippen LogP) is 5.30. The van der Waals surface area contributed by atoms with Crippen LogP contribution in [-0.4, -0.2) is 6.54 Å². The molecule has 0 amide bonds. The highest BCUT2D eigenvalue weighted by molar-refractivity contribution is 9.10. The lowest BCUT2D eigenvalue weighted by atomic mass is 10.0. The van der Waals surface area contributed by atoms with E-state index in [1.165, 1.54) is 15.8 Å². The summed E-state index contributed by atoms with van der Waals surface area (Å²) in [5.41, 5.74) is 0.961. The molecule has 4 heteroatoms. The molecule has 0 saturated heterocycles. The number of rotatable bonds is 6. The van der Waals surface area contributed by atoms with Gasteiger partial charge in [-0.25, -0.2) is 4.39 Å². The third kappa shape index (κ3) is 3.48. The van der Waals surface area contributed by atoms with Crippen molar-refractivity contribution in [2.75, 3.05) is 6.54 Å². The molecule has 1 aromatic heterocycles. The highest BCUT2D eigenvalue weighted by atomic mass is 79.9. The molecule has 1 unspecified atom stereocenters. The van der Waals surface area contributed by atoms with Crippen molar-refractivity contribution in [3.63, 3.8) is 0 Å². The van der Waals surface area contributed by atoms with E-state index in [4.69, 9.17) is 0 Å². The number of nitrogens with one attached hydrogen (secondary N) is 1. The molecule has 0 bridgehead atoms. The number of benzene rings is 1. The van der Waals surface area contributed by atoms with Crippen LogP contribution in [0.4, 0.5) is 4.39 Å². The lowest BCUT2D eigenvalue weighted by Crippen LogP contribution is -2.23. The Morgan fingerprint density at radius 3 is 2.70 bits per heavy atom. The first kappa shape index (κ1) is 15.7. The fourth-order valence-corrected chi connectivity index (χ4v) is 3.68. The summed E-state index contributed by atoms with van der Waals surface area (Å²) >= 11 is 5.18. The second kappa shape index (κ2) is 7.34. The Morgan fingerprint density at radius 2 is 2.05 bits per heavy atom. The van der Waals surface area contributed by atoms with Crippen LogP contribution in [0.3, 0.4) is 0 Å². The largest absolute Gasteiger partial charge is 0.306 e. The van der Waals surface area contributed by atoms with Gasteiger partial charge in [-0.15, -0.1) is 11.3 Å². The number of halogens is 2. The van der Waals surface area contributed by atoms with Gasteiger partial charge in [-0.3, -0.25) is 0 Å². The van der Waals surface area contributed by atoms with Crippen LogP contribution < -0.4 is 5.32 Å². The molecule has 0 spiro atoms. The van der Waals surface area contributed by atoms with Gasteiger partial charge in [-0.05, 0) is 59.1 Å². The molecule has 0 saturated carbocycles. The number of aryl methyl sites for hydroxylation is 1. The van der Waals surface area contributed by atoms with E-state index in [0.29, 0.717) is 4.47 Å². The van der Waals surface area contributed by atoms with Crippen LogP contribution in [0, 0.1) is 5.82 Å². The fraction of sp³-hybridized carbons (Fsp3) is 0.375. The molecule has 2 rings (SSSR count). The third-order valence-electron chi connectivity index (χ3n) is 3.21. The molecule has 0 aliphatic carbocycles. The second-order valence-electron chi connectivity index (χ2n) is 4.69. The topological polar surface area (TPSA) is 12.0 Å². The first-order chi connectivity index (χ1) is 9.67. The summed E-state index contributed by atoms with van der Waals surface area (Å²) in [6.07, 6.45) is 2.09. The molecular weight excluding hydrogens is 337 g/mol. The third-order valence-corrected chi connectivity index (χ3v) is 5.34. The van der Waals surface area contributed by atoms with E-state index >= 15 is 0 Å². The van der Waals surface area contributed by atoms with Crippen molar-refractivity contribution in [3.8, 4) is 0 Å². The molecular formula is C16H19BrFNS. The van der Waals surface area contributed by atoms with E-state index in [1.54, 1.807) is 17.4 Å². The van der Waals surface area contributed by atoms with E-state index in [9.17, 15) is 4.39 Å². The molecule has 1 N–H and O–H groups in total. The highest BCUT2D eigenvalue weighted by Crippen LogP contribution is 2.34. The van der Waals surface area contributed by atoms with Gasteiger partial charge < -0.3 is 5.32 Å². The van der Waals surface area contributed by atoms with Crippen LogP contribution in [0.5, 0.6) is 0 Å². The van der Waals surface area contributed by atoms with E-state index in [2.05, 4.69) is 47.2 Å². The average molecular weight is 356 g/mol. The van der Waals surface area contributed by atoms with Crippen LogP contribution in [0.15, 0.2) is 34.8 Å². The standard InChI is InChI=1S/C16H19BrFNS/c1-3-10-19-16(14-9-8-11(4-2)20-14)12-6-5-7-13(18)15(12)17/h5-9,16,19H,3-4,10H2,1-2H3. The first-order valence-corrected chi connectivity index (χ1v) is 8.54. The van der Waals surface area contributed by atoms with Gasteiger partial charge >= 0.3 is 0 Å². The lowest BCUT2D eigenvalue weighted by molar-refractivity contribution is 0.585. The normalized spacial score (nSPS) is 12.6. The lowest BCUT2D eigenvalue weighted by Gasteiger charge is -2.19. The van der Waals surface area contributed by atoms with Gasteiger partial charge in [0, 0.05) is 9.75 Å². The maximum Gasteiger partial charge on any atom is 0.137 e. The van der Waals surface area contributed by atoms with E-state index in [1.807, 2.05) is 6.07 Å². The van der Waals surface area contributed by atoms with E-state index in [0.717, 1.165) is 24.9 Å². The zero-order valence-corrected chi connectivity index (χ0v) is 14.2. The van der Waals surface area contributed by atoms with Gasteiger partial charge in [0.05, 0.1) is 10.5 Å². The van der Waals surface area contributed by atoms with E-state index < -0.39 is 0 Å². The summed E-state index contributed by atoms with van der Waals surface area (Å²) in [4.78, 5) is 2.59. The summed E-state index contributed by atoms with van der Waals surface area (Å²) in [6.45, 7) is 5.20. The van der Waals surface area contributed by atoms with Gasteiger partial charge in [0.25, 0.3) is 0 Å². The zero-order valence-electron chi connectivity index (χ0n) is 11.7. The number of hydrogen-bond acceptors (Lipinski definition) is 2. The summed E-state index contributed by atoms with van der Waals surface area (Å²) in [5, 5.41) is 3.52. The SMILES string of the molecule is CCCNC(c1ccc(CC)s1)c1cccc(F)c1Br. The van der Waals surface area contributed by atoms with Crippen LogP contribution in [-0.2, 0) is 6.42 Å². The Bertz CT molecular complexity index is 567. The Labute approximate surface area is 132 Å². The van der Waals surface area contributed by atoms with Crippen molar-refractivity contribution in [1.82, 2.24) is 5.32 Å². The van der Waals surface area contributed by atoms with Crippen LogP contribution >= 0.6 is 27.3 Å². The first-order valence-electron chi connectivity index (χ1n) is 6.93. The summed E-state index contributed by atoms with van der Waals surface area (Å²) in [6, 6.07) is 9.58. The van der Waals surface area contributed by atoms with Crippen molar-refractivity contribution in [2.24, 2.45) is 0 Å². The van der Waals surface area contributed by atoms with Crippen LogP contribution in [0.1, 0.15) is 41.6 Å². The molecule has 1 heterocycles. The monoisotopic (exact) mass is 355 g/mol. The van der Waals surface area contributed by atoms with Gasteiger partial charge in [0.2, 0.25) is 0 Å². The maximum absolute atomic E-state index is 13.8. The van der Waals surface area contributed by atoms with Gasteiger partial charge in [0.15, 0.2) is 0 Å². The Kier molecular flexibility index (Phi) is 5.75. The summed E-state index contributed by atoms with van der Waals surface area (Å²) in [5.74, 6) is -0.210. The Hall–Kier alpha value is -0.710. The van der Waals surface area contributed by atoms with Crippen molar-refractivity contribution in [1.29, 1.82) is 0 Å². The molecule has 0 fully saturated rings. The van der Waals surface area contributed by atoms with Crippen molar-refractivity contribution in [2.45, 2.75) is 32.7 Å². The average Bonchev–Trinajstić information content (AvgIpc) is 2.92. The van der Waals surface area contributed by atoms with Crippen molar-refractivity contribution >= 4 is 27.3 Å². The molecule has 1 atom stereocenters. The predicted molar refractivity (Wildman–Crippen MR) is 87.9 cm³/mol. The molecule has 108 valence electrons. The number of hydrogen-bond donors (Lipinski definition) is 1. The minimum absolute atomic E-state index is 0.0466.